The number of amides is 1. The molecule has 0 bridgehead atoms. The van der Waals surface area contributed by atoms with Crippen LogP contribution in [-0.4, -0.2) is 44.8 Å². The predicted octanol–water partition coefficient (Wildman–Crippen LogP) is 4.35. The van der Waals surface area contributed by atoms with Gasteiger partial charge in [-0.25, -0.2) is 9.67 Å². The number of unbranched alkanes of at least 4 members (excludes halogenated alkanes) is 1. The number of hydrogen-bond acceptors (Lipinski definition) is 6. The minimum absolute atomic E-state index is 0.200. The molecule has 3 aromatic rings. The lowest BCUT2D eigenvalue weighted by Crippen LogP contribution is -2.28. The first-order valence-electron chi connectivity index (χ1n) is 12.8. The number of nitrogens with one attached hydrogen (secondary N) is 1. The third kappa shape index (κ3) is 4.78. The van der Waals surface area contributed by atoms with Crippen LogP contribution in [-0.2, 0) is 11.3 Å². The molecule has 1 aromatic carbocycles. The molecule has 2 fully saturated rings. The van der Waals surface area contributed by atoms with Gasteiger partial charge in [0.1, 0.15) is 5.69 Å². The number of rotatable bonds is 8. The number of nitrogens with two attached hydrogens (primary N) is 1. The van der Waals surface area contributed by atoms with Gasteiger partial charge in [-0.05, 0) is 56.6 Å². The SMILES string of the molecule is CCCCNc1ncc2c(-c3ccc(N4CCCC4=O)cc3)nn(C[C@H]3CC[C@H](N)CC3)c2n1. The van der Waals surface area contributed by atoms with Crippen molar-refractivity contribution >= 4 is 28.6 Å². The molecule has 3 N–H and O–H groups in total. The van der Waals surface area contributed by atoms with Crippen LogP contribution in [0.3, 0.4) is 0 Å². The van der Waals surface area contributed by atoms with Crippen molar-refractivity contribution in [3.63, 3.8) is 0 Å². The number of fused-ring (bicyclic) bond motifs is 1. The van der Waals surface area contributed by atoms with E-state index in [1.54, 1.807) is 0 Å². The Hall–Kier alpha value is -3.00. The van der Waals surface area contributed by atoms with Gasteiger partial charge in [-0.3, -0.25) is 4.79 Å². The van der Waals surface area contributed by atoms with Crippen LogP contribution in [0.15, 0.2) is 30.5 Å². The molecule has 3 heterocycles. The van der Waals surface area contributed by atoms with Crippen molar-refractivity contribution in [2.75, 3.05) is 23.3 Å². The van der Waals surface area contributed by atoms with E-state index in [1.165, 1.54) is 0 Å². The van der Waals surface area contributed by atoms with Crippen LogP contribution in [0, 0.1) is 5.92 Å². The van der Waals surface area contributed by atoms with Gasteiger partial charge in [-0.1, -0.05) is 25.5 Å². The van der Waals surface area contributed by atoms with Crippen molar-refractivity contribution in [3.05, 3.63) is 30.5 Å². The highest BCUT2D eigenvalue weighted by Gasteiger charge is 2.24. The number of nitrogens with zero attached hydrogens (tertiary/aromatic N) is 5. The molecule has 8 heteroatoms. The lowest BCUT2D eigenvalue weighted by atomic mass is 9.86. The van der Waals surface area contributed by atoms with Gasteiger partial charge >= 0.3 is 0 Å². The molecule has 0 unspecified atom stereocenters. The summed E-state index contributed by atoms with van der Waals surface area (Å²) in [4.78, 5) is 23.4. The van der Waals surface area contributed by atoms with E-state index in [0.29, 0.717) is 24.3 Å². The minimum Gasteiger partial charge on any atom is -0.354 e. The van der Waals surface area contributed by atoms with Crippen LogP contribution in [0.25, 0.3) is 22.3 Å². The number of anilines is 2. The van der Waals surface area contributed by atoms with Gasteiger partial charge in [0.05, 0.1) is 5.39 Å². The van der Waals surface area contributed by atoms with E-state index >= 15 is 0 Å². The summed E-state index contributed by atoms with van der Waals surface area (Å²) in [6.07, 6.45) is 10.1. The topological polar surface area (TPSA) is 102 Å². The third-order valence-electron chi connectivity index (χ3n) is 7.15. The van der Waals surface area contributed by atoms with Crippen molar-refractivity contribution in [1.29, 1.82) is 0 Å². The fraction of sp³-hybridized carbons (Fsp3) is 0.538. The van der Waals surface area contributed by atoms with Crippen molar-refractivity contribution in [1.82, 2.24) is 19.7 Å². The van der Waals surface area contributed by atoms with Gasteiger partial charge in [0.2, 0.25) is 11.9 Å². The normalized spacial score (nSPS) is 20.9. The Bertz CT molecular complexity index is 1130. The maximum Gasteiger partial charge on any atom is 0.227 e. The molecule has 2 aromatic heterocycles. The quantitative estimate of drug-likeness (QED) is 0.484. The summed E-state index contributed by atoms with van der Waals surface area (Å²) < 4.78 is 2.07. The van der Waals surface area contributed by atoms with Crippen molar-refractivity contribution < 1.29 is 4.79 Å². The van der Waals surface area contributed by atoms with Gasteiger partial charge in [-0.2, -0.15) is 10.1 Å². The maximum absolute atomic E-state index is 12.1. The first kappa shape index (κ1) is 22.8. The van der Waals surface area contributed by atoms with Crippen LogP contribution in [0.4, 0.5) is 11.6 Å². The number of hydrogen-bond donors (Lipinski definition) is 2. The fourth-order valence-corrected chi connectivity index (χ4v) is 5.10. The molecular weight excluding hydrogens is 426 g/mol. The Kier molecular flexibility index (Phi) is 6.76. The minimum atomic E-state index is 0.200. The summed E-state index contributed by atoms with van der Waals surface area (Å²) >= 11 is 0. The molecule has 1 aliphatic carbocycles. The third-order valence-corrected chi connectivity index (χ3v) is 7.15. The summed E-state index contributed by atoms with van der Waals surface area (Å²) in [7, 11) is 0. The second-order valence-corrected chi connectivity index (χ2v) is 9.72. The van der Waals surface area contributed by atoms with Crippen molar-refractivity contribution in [3.8, 4) is 11.3 Å². The molecule has 1 aliphatic heterocycles. The van der Waals surface area contributed by atoms with Crippen LogP contribution in [0.5, 0.6) is 0 Å². The zero-order chi connectivity index (χ0) is 23.5. The Morgan fingerprint density at radius 2 is 1.94 bits per heavy atom. The fourth-order valence-electron chi connectivity index (χ4n) is 5.10. The molecule has 1 amide bonds. The Labute approximate surface area is 200 Å². The van der Waals surface area contributed by atoms with E-state index in [9.17, 15) is 4.79 Å². The monoisotopic (exact) mass is 461 g/mol. The standard InChI is InChI=1S/C26H35N7O/c1-2-3-14-28-26-29-16-22-24(19-8-12-21(13-9-19)32-15-4-5-23(32)34)31-33(25(22)30-26)17-18-6-10-20(27)11-7-18/h8-9,12-13,16,18,20H,2-7,10-11,14-15,17,27H2,1H3,(H,28,29,30)/t18-,20-. The van der Waals surface area contributed by atoms with Crippen molar-refractivity contribution in [2.24, 2.45) is 11.7 Å². The summed E-state index contributed by atoms with van der Waals surface area (Å²) in [5.74, 6) is 1.42. The first-order valence-corrected chi connectivity index (χ1v) is 12.8. The zero-order valence-electron chi connectivity index (χ0n) is 20.0. The van der Waals surface area contributed by atoms with Crippen LogP contribution < -0.4 is 16.0 Å². The smallest absolute Gasteiger partial charge is 0.227 e. The molecule has 1 saturated carbocycles. The molecular formula is C26H35N7O. The summed E-state index contributed by atoms with van der Waals surface area (Å²) in [5.41, 5.74) is 9.86. The molecule has 2 aliphatic rings. The van der Waals surface area contributed by atoms with Crippen LogP contribution in [0.1, 0.15) is 58.3 Å². The molecule has 34 heavy (non-hydrogen) atoms. The second-order valence-electron chi connectivity index (χ2n) is 9.72. The number of carbonyl (C=O) groups excluding carboxylic acids is 1. The van der Waals surface area contributed by atoms with E-state index < -0.39 is 0 Å². The largest absolute Gasteiger partial charge is 0.354 e. The van der Waals surface area contributed by atoms with Gasteiger partial charge in [0.15, 0.2) is 5.65 Å². The summed E-state index contributed by atoms with van der Waals surface area (Å²) in [6.45, 7) is 4.67. The predicted molar refractivity (Wildman–Crippen MR) is 136 cm³/mol. The van der Waals surface area contributed by atoms with Gasteiger partial charge in [-0.15, -0.1) is 0 Å². The van der Waals surface area contributed by atoms with Crippen LogP contribution in [0.2, 0.25) is 0 Å². The van der Waals surface area contributed by atoms with Crippen molar-refractivity contribution in [2.45, 2.75) is 70.9 Å². The lowest BCUT2D eigenvalue weighted by molar-refractivity contribution is -0.117. The molecule has 180 valence electrons. The molecule has 5 rings (SSSR count). The average molecular weight is 462 g/mol. The van der Waals surface area contributed by atoms with Gasteiger partial charge < -0.3 is 16.0 Å². The van der Waals surface area contributed by atoms with Gasteiger partial charge in [0, 0.05) is 49.5 Å². The maximum atomic E-state index is 12.1. The number of benzene rings is 1. The number of aromatic nitrogens is 4. The molecule has 0 atom stereocenters. The van der Waals surface area contributed by atoms with E-state index in [0.717, 1.165) is 92.6 Å². The summed E-state index contributed by atoms with van der Waals surface area (Å²) in [6, 6.07) is 8.49. The lowest BCUT2D eigenvalue weighted by Gasteiger charge is -2.25. The molecule has 1 saturated heterocycles. The number of carbonyl (C=O) groups is 1. The highest BCUT2D eigenvalue weighted by atomic mass is 16.2. The molecule has 0 spiro atoms. The van der Waals surface area contributed by atoms with E-state index in [4.69, 9.17) is 15.8 Å². The zero-order valence-corrected chi connectivity index (χ0v) is 20.0. The first-order chi connectivity index (χ1) is 16.6. The average Bonchev–Trinajstić information content (AvgIpc) is 3.44. The van der Waals surface area contributed by atoms with E-state index in [2.05, 4.69) is 34.0 Å². The molecule has 0 radical (unpaired) electrons. The summed E-state index contributed by atoms with van der Waals surface area (Å²) in [5, 5.41) is 9.33. The van der Waals surface area contributed by atoms with Crippen LogP contribution >= 0.6 is 0 Å². The Morgan fingerprint density at radius 3 is 2.65 bits per heavy atom. The Balaban J connectivity index is 1.46. The molecule has 8 nitrogen and oxygen atoms in total. The van der Waals surface area contributed by atoms with E-state index in [-0.39, 0.29) is 5.91 Å². The Morgan fingerprint density at radius 1 is 1.15 bits per heavy atom. The highest BCUT2D eigenvalue weighted by Crippen LogP contribution is 2.32. The van der Waals surface area contributed by atoms with Gasteiger partial charge in [0.25, 0.3) is 0 Å². The van der Waals surface area contributed by atoms with E-state index in [1.807, 2.05) is 23.2 Å². The second kappa shape index (κ2) is 10.1. The highest BCUT2D eigenvalue weighted by molar-refractivity contribution is 5.96.